The van der Waals surface area contributed by atoms with Gasteiger partial charge >= 0.3 is 5.97 Å². The SMILES string of the molecule is O=C(O)CC[C@@H]1N[C@]2(C(=O)Nc3c(Cl)cccc32)[C@@H]2C(=O)N(Cc3ccccc3Cl)C(=O)[C@H]12. The second-order valence-electron chi connectivity index (χ2n) is 8.47. The minimum atomic E-state index is -1.52. The van der Waals surface area contributed by atoms with Gasteiger partial charge in [0.2, 0.25) is 17.7 Å². The predicted molar refractivity (Wildman–Crippen MR) is 120 cm³/mol. The standard InChI is InChI=1S/C23H19Cl2N3O5/c24-13-6-2-1-4-11(13)10-28-20(31)17-15(8-9-16(29)30)27-23(18(17)21(28)32)12-5-3-7-14(25)19(12)26-22(23)33/h1-7,15,17-18,27H,8-10H2,(H,26,33)(H,29,30)/t15-,17+,18-,23-/m0/s1. The Balaban J connectivity index is 1.60. The van der Waals surface area contributed by atoms with Crippen LogP contribution in [0.5, 0.6) is 0 Å². The minimum Gasteiger partial charge on any atom is -0.481 e. The van der Waals surface area contributed by atoms with Gasteiger partial charge in [0.1, 0.15) is 5.54 Å². The summed E-state index contributed by atoms with van der Waals surface area (Å²) < 4.78 is 0. The fourth-order valence-electron chi connectivity index (χ4n) is 5.33. The highest BCUT2D eigenvalue weighted by Gasteiger charge is 2.70. The molecule has 10 heteroatoms. The number of aliphatic carboxylic acids is 1. The van der Waals surface area contributed by atoms with Crippen molar-refractivity contribution in [3.05, 3.63) is 63.6 Å². The van der Waals surface area contributed by atoms with E-state index in [0.717, 1.165) is 4.90 Å². The van der Waals surface area contributed by atoms with Crippen molar-refractivity contribution in [3.8, 4) is 0 Å². The number of benzene rings is 2. The van der Waals surface area contributed by atoms with Gasteiger partial charge in [-0.1, -0.05) is 53.5 Å². The zero-order valence-corrected chi connectivity index (χ0v) is 18.7. The monoisotopic (exact) mass is 487 g/mol. The molecule has 4 atom stereocenters. The molecule has 1 spiro atoms. The molecule has 3 N–H and O–H groups in total. The highest BCUT2D eigenvalue weighted by Crippen LogP contribution is 2.54. The number of fused-ring (bicyclic) bond motifs is 4. The molecule has 0 aromatic heterocycles. The molecule has 2 saturated heterocycles. The summed E-state index contributed by atoms with van der Waals surface area (Å²) in [6.07, 6.45) is -0.132. The zero-order valence-electron chi connectivity index (χ0n) is 17.2. The van der Waals surface area contributed by atoms with Crippen LogP contribution in [-0.4, -0.2) is 39.7 Å². The van der Waals surface area contributed by atoms with E-state index in [0.29, 0.717) is 26.9 Å². The molecule has 0 bridgehead atoms. The molecule has 8 nitrogen and oxygen atoms in total. The second kappa shape index (κ2) is 7.83. The number of nitrogens with zero attached hydrogens (tertiary/aromatic N) is 1. The summed E-state index contributed by atoms with van der Waals surface area (Å²) in [4.78, 5) is 52.9. The van der Waals surface area contributed by atoms with E-state index in [1.54, 1.807) is 42.5 Å². The summed E-state index contributed by atoms with van der Waals surface area (Å²) in [6, 6.07) is 11.2. The number of likely N-dealkylation sites (tertiary alicyclic amines) is 1. The van der Waals surface area contributed by atoms with Gasteiger partial charge in [-0.2, -0.15) is 0 Å². The number of hydrogen-bond acceptors (Lipinski definition) is 5. The molecule has 3 heterocycles. The van der Waals surface area contributed by atoms with E-state index in [1.807, 2.05) is 0 Å². The van der Waals surface area contributed by atoms with E-state index in [1.165, 1.54) is 0 Å². The molecule has 2 aromatic rings. The van der Waals surface area contributed by atoms with Gasteiger partial charge in [-0.15, -0.1) is 0 Å². The summed E-state index contributed by atoms with van der Waals surface area (Å²) in [5, 5.41) is 15.9. The van der Waals surface area contributed by atoms with Gasteiger partial charge in [0.05, 0.1) is 29.1 Å². The van der Waals surface area contributed by atoms with Gasteiger partial charge in [0.25, 0.3) is 0 Å². The maximum atomic E-state index is 13.7. The Morgan fingerprint density at radius 3 is 2.48 bits per heavy atom. The lowest BCUT2D eigenvalue weighted by molar-refractivity contribution is -0.144. The van der Waals surface area contributed by atoms with Gasteiger partial charge in [-0.05, 0) is 24.1 Å². The van der Waals surface area contributed by atoms with Gasteiger partial charge in [0.15, 0.2) is 0 Å². The van der Waals surface area contributed by atoms with Crippen LogP contribution in [0.1, 0.15) is 24.0 Å². The van der Waals surface area contributed by atoms with E-state index in [2.05, 4.69) is 10.6 Å². The van der Waals surface area contributed by atoms with E-state index >= 15 is 0 Å². The van der Waals surface area contributed by atoms with Crippen LogP contribution in [0.4, 0.5) is 5.69 Å². The fourth-order valence-corrected chi connectivity index (χ4v) is 5.75. The van der Waals surface area contributed by atoms with Crippen LogP contribution < -0.4 is 10.6 Å². The van der Waals surface area contributed by atoms with Crippen molar-refractivity contribution in [2.45, 2.75) is 31.0 Å². The Morgan fingerprint density at radius 2 is 1.76 bits per heavy atom. The molecule has 0 unspecified atom stereocenters. The molecule has 0 radical (unpaired) electrons. The number of carbonyl (C=O) groups excluding carboxylic acids is 3. The number of hydrogen-bond donors (Lipinski definition) is 3. The van der Waals surface area contributed by atoms with Crippen LogP contribution in [0.25, 0.3) is 0 Å². The molecule has 33 heavy (non-hydrogen) atoms. The summed E-state index contributed by atoms with van der Waals surface area (Å²) in [7, 11) is 0. The summed E-state index contributed by atoms with van der Waals surface area (Å²) in [6.45, 7) is -0.0317. The smallest absolute Gasteiger partial charge is 0.303 e. The summed E-state index contributed by atoms with van der Waals surface area (Å²) in [5.74, 6) is -4.40. The van der Waals surface area contributed by atoms with Crippen molar-refractivity contribution >= 4 is 52.6 Å². The number of nitrogens with one attached hydrogen (secondary N) is 2. The second-order valence-corrected chi connectivity index (χ2v) is 9.28. The van der Waals surface area contributed by atoms with Crippen LogP contribution in [0.2, 0.25) is 10.0 Å². The van der Waals surface area contributed by atoms with E-state index in [9.17, 15) is 24.3 Å². The Kier molecular flexibility index (Phi) is 5.19. The van der Waals surface area contributed by atoms with Crippen LogP contribution in [0, 0.1) is 11.8 Å². The molecule has 170 valence electrons. The van der Waals surface area contributed by atoms with Crippen molar-refractivity contribution in [1.29, 1.82) is 0 Å². The van der Waals surface area contributed by atoms with Crippen molar-refractivity contribution in [2.75, 3.05) is 5.32 Å². The zero-order chi connectivity index (χ0) is 23.5. The topological polar surface area (TPSA) is 116 Å². The number of imide groups is 1. The number of carboxylic acids is 1. The van der Waals surface area contributed by atoms with Crippen molar-refractivity contribution in [3.63, 3.8) is 0 Å². The van der Waals surface area contributed by atoms with Gasteiger partial charge < -0.3 is 10.4 Å². The van der Waals surface area contributed by atoms with Crippen LogP contribution in [0.15, 0.2) is 42.5 Å². The van der Waals surface area contributed by atoms with E-state index in [4.69, 9.17) is 23.2 Å². The van der Waals surface area contributed by atoms with Crippen molar-refractivity contribution < 1.29 is 24.3 Å². The van der Waals surface area contributed by atoms with E-state index in [-0.39, 0.29) is 19.4 Å². The third-order valence-corrected chi connectivity index (χ3v) is 7.43. The Bertz CT molecular complexity index is 1220. The molecule has 3 amide bonds. The number of carbonyl (C=O) groups is 4. The average Bonchev–Trinajstić information content (AvgIpc) is 3.35. The first kappa shape index (κ1) is 21.9. The average molecular weight is 488 g/mol. The first-order valence-electron chi connectivity index (χ1n) is 10.4. The quantitative estimate of drug-likeness (QED) is 0.558. The summed E-state index contributed by atoms with van der Waals surface area (Å²) in [5.41, 5.74) is -0.0484. The van der Waals surface area contributed by atoms with Crippen LogP contribution in [-0.2, 0) is 31.3 Å². The number of carboxylic acid groups (broad SMARTS) is 1. The van der Waals surface area contributed by atoms with Gasteiger partial charge in [0, 0.05) is 23.0 Å². The third-order valence-electron chi connectivity index (χ3n) is 6.75. The minimum absolute atomic E-state index is 0.0317. The molecule has 3 aliphatic rings. The highest BCUT2D eigenvalue weighted by molar-refractivity contribution is 6.35. The number of halogens is 2. The predicted octanol–water partition coefficient (Wildman–Crippen LogP) is 2.78. The lowest BCUT2D eigenvalue weighted by Crippen LogP contribution is -2.53. The molecule has 5 rings (SSSR count). The molecule has 2 aromatic carbocycles. The molecule has 0 aliphatic carbocycles. The first-order chi connectivity index (χ1) is 15.8. The molecular weight excluding hydrogens is 469 g/mol. The summed E-state index contributed by atoms with van der Waals surface area (Å²) >= 11 is 12.6. The van der Waals surface area contributed by atoms with Crippen LogP contribution in [0.3, 0.4) is 0 Å². The Labute approximate surface area is 198 Å². The Morgan fingerprint density at radius 1 is 1.03 bits per heavy atom. The third kappa shape index (κ3) is 3.16. The molecule has 3 aliphatic heterocycles. The van der Waals surface area contributed by atoms with Gasteiger partial charge in [-0.25, -0.2) is 0 Å². The number of amides is 3. The van der Waals surface area contributed by atoms with Crippen LogP contribution >= 0.6 is 23.2 Å². The number of para-hydroxylation sites is 1. The van der Waals surface area contributed by atoms with Crippen molar-refractivity contribution in [2.24, 2.45) is 11.8 Å². The van der Waals surface area contributed by atoms with E-state index < -0.39 is 47.1 Å². The lowest BCUT2D eigenvalue weighted by atomic mass is 9.76. The maximum Gasteiger partial charge on any atom is 0.303 e. The molecule has 0 saturated carbocycles. The number of anilines is 1. The maximum absolute atomic E-state index is 13.7. The first-order valence-corrected chi connectivity index (χ1v) is 11.2. The Hall–Kier alpha value is -2.94. The molecular formula is C23H19Cl2N3O5. The van der Waals surface area contributed by atoms with Crippen molar-refractivity contribution in [1.82, 2.24) is 10.2 Å². The lowest BCUT2D eigenvalue weighted by Gasteiger charge is -2.29. The molecule has 2 fully saturated rings. The van der Waals surface area contributed by atoms with Gasteiger partial charge in [-0.3, -0.25) is 29.4 Å². The highest BCUT2D eigenvalue weighted by atomic mass is 35.5. The fraction of sp³-hybridized carbons (Fsp3) is 0.304. The number of rotatable bonds is 5. The normalized spacial score (nSPS) is 27.8. The largest absolute Gasteiger partial charge is 0.481 e.